The number of hydrogen-bond donors (Lipinski definition) is 6. The summed E-state index contributed by atoms with van der Waals surface area (Å²) in [7, 11) is -12.5. The first-order chi connectivity index (χ1) is 9.18. The molecule has 0 fully saturated rings. The van der Waals surface area contributed by atoms with E-state index in [0.717, 1.165) is 0 Å². The van der Waals surface area contributed by atoms with Crippen LogP contribution in [-0.4, -0.2) is 49.2 Å². The van der Waals surface area contributed by atoms with Crippen LogP contribution in [0.1, 0.15) is 20.8 Å². The van der Waals surface area contributed by atoms with Crippen LogP contribution in [0.25, 0.3) is 0 Å². The van der Waals surface area contributed by atoms with Gasteiger partial charge < -0.3 is 29.4 Å². The molecule has 0 heterocycles. The summed E-state index contributed by atoms with van der Waals surface area (Å²) in [5.74, 6) is 0. The number of phosphoric ester groups is 3. The fourth-order valence-electron chi connectivity index (χ4n) is 0.505. The molecule has 0 aromatic heterocycles. The van der Waals surface area contributed by atoms with Gasteiger partial charge in [0.25, 0.3) is 0 Å². The molecule has 0 aliphatic rings. The van der Waals surface area contributed by atoms with Gasteiger partial charge >= 0.3 is 23.5 Å². The fraction of sp³-hybridized carbons (Fsp3) is 1.00. The Labute approximate surface area is 141 Å². The second-order valence-corrected chi connectivity index (χ2v) is 6.44. The van der Waals surface area contributed by atoms with Gasteiger partial charge in [0.2, 0.25) is 0 Å². The zero-order chi connectivity index (χ0) is 17.7. The van der Waals surface area contributed by atoms with E-state index in [1.807, 2.05) is 0 Å². The molecule has 0 aromatic carbocycles. The lowest BCUT2D eigenvalue weighted by Gasteiger charge is -1.98. The number of phosphoric acid groups is 3. The van der Waals surface area contributed by atoms with Gasteiger partial charge in [-0.05, 0) is 20.8 Å². The molecule has 0 rings (SSSR count). The second-order valence-electron chi connectivity index (χ2n) is 2.73. The molecular weight excluding hydrogens is 419 g/mol. The molecule has 0 aromatic rings. The lowest BCUT2D eigenvalue weighted by Crippen LogP contribution is -1.84. The minimum absolute atomic E-state index is 0. The first-order valence-electron chi connectivity index (χ1n) is 5.28. The normalized spacial score (nSPS) is 10.8. The third kappa shape index (κ3) is 59.9. The van der Waals surface area contributed by atoms with Crippen LogP contribution < -0.4 is 0 Å². The lowest BCUT2D eigenvalue weighted by molar-refractivity contribution is 0.204. The van der Waals surface area contributed by atoms with Crippen LogP contribution in [0.15, 0.2) is 0 Å². The smallest absolute Gasteiger partial charge is 0.303 e. The zero-order valence-corrected chi connectivity index (χ0v) is 18.5. The van der Waals surface area contributed by atoms with Crippen LogP contribution in [0.5, 0.6) is 0 Å². The molecule has 0 saturated heterocycles. The van der Waals surface area contributed by atoms with E-state index in [2.05, 4.69) is 13.6 Å². The highest BCUT2D eigenvalue weighted by atomic mass is 31.2. The second kappa shape index (κ2) is 18.0. The van der Waals surface area contributed by atoms with E-state index in [0.29, 0.717) is 0 Å². The molecule has 0 bridgehead atoms. The molecule has 6 N–H and O–H groups in total. The highest BCUT2D eigenvalue weighted by Gasteiger charge is 2.11. The molecule has 23 heavy (non-hydrogen) atoms. The SMILES string of the molecule is CCOP(=O)(O)O.CCOP(=O)(O)O.CCOP(=O)(O)O.P.P. The van der Waals surface area contributed by atoms with Crippen LogP contribution in [0.3, 0.4) is 0 Å². The van der Waals surface area contributed by atoms with Crippen molar-refractivity contribution in [3.8, 4) is 0 Å². The van der Waals surface area contributed by atoms with Crippen LogP contribution in [0, 0.1) is 0 Å². The maximum Gasteiger partial charge on any atom is 0.469 e. The standard InChI is InChI=1S/3C2H7O4P.2H3P/c3*1-2-6-7(3,4)5;;/h3*2H2,1H3,(H2,3,4,5);2*1H3. The van der Waals surface area contributed by atoms with Crippen molar-refractivity contribution in [3.05, 3.63) is 0 Å². The van der Waals surface area contributed by atoms with Gasteiger partial charge in [-0.15, -0.1) is 0 Å². The summed E-state index contributed by atoms with van der Waals surface area (Å²) in [6.07, 6.45) is 0. The summed E-state index contributed by atoms with van der Waals surface area (Å²) in [5, 5.41) is 0. The van der Waals surface area contributed by atoms with Crippen LogP contribution in [0.4, 0.5) is 0 Å². The van der Waals surface area contributed by atoms with Crippen molar-refractivity contribution in [3.63, 3.8) is 0 Å². The van der Waals surface area contributed by atoms with E-state index in [4.69, 9.17) is 29.4 Å². The maximum absolute atomic E-state index is 9.70. The van der Waals surface area contributed by atoms with Gasteiger partial charge in [0.1, 0.15) is 0 Å². The van der Waals surface area contributed by atoms with Gasteiger partial charge in [0, 0.05) is 0 Å². The van der Waals surface area contributed by atoms with Gasteiger partial charge in [0.05, 0.1) is 19.8 Å². The van der Waals surface area contributed by atoms with Crippen molar-refractivity contribution in [2.45, 2.75) is 20.8 Å². The van der Waals surface area contributed by atoms with Crippen LogP contribution >= 0.6 is 43.3 Å². The van der Waals surface area contributed by atoms with E-state index >= 15 is 0 Å². The lowest BCUT2D eigenvalue weighted by atomic mass is 10.9. The summed E-state index contributed by atoms with van der Waals surface area (Å²) in [6.45, 7) is 4.68. The third-order valence-electron chi connectivity index (χ3n) is 0.892. The van der Waals surface area contributed by atoms with Crippen LogP contribution in [-0.2, 0) is 27.3 Å². The summed E-state index contributed by atoms with van der Waals surface area (Å²) in [4.78, 5) is 47.4. The molecule has 0 amide bonds. The van der Waals surface area contributed by atoms with Crippen LogP contribution in [0.2, 0.25) is 0 Å². The highest BCUT2D eigenvalue weighted by molar-refractivity contribution is 7.46. The molecular formula is C6H27O12P5. The first-order valence-corrected chi connectivity index (χ1v) is 9.87. The third-order valence-corrected chi connectivity index (χ3v) is 2.68. The Morgan fingerprint density at radius 1 is 0.565 bits per heavy atom. The highest BCUT2D eigenvalue weighted by Crippen LogP contribution is 2.35. The van der Waals surface area contributed by atoms with E-state index in [9.17, 15) is 13.7 Å². The molecule has 2 atom stereocenters. The molecule has 0 saturated carbocycles. The van der Waals surface area contributed by atoms with E-state index in [-0.39, 0.29) is 39.6 Å². The van der Waals surface area contributed by atoms with Crippen molar-refractivity contribution in [1.82, 2.24) is 0 Å². The quantitative estimate of drug-likeness (QED) is 0.309. The van der Waals surface area contributed by atoms with Gasteiger partial charge in [-0.3, -0.25) is 13.6 Å². The molecule has 12 nitrogen and oxygen atoms in total. The Balaban J connectivity index is -0.0000000675. The van der Waals surface area contributed by atoms with Crippen molar-refractivity contribution in [1.29, 1.82) is 0 Å². The Kier molecular flexibility index (Phi) is 27.6. The van der Waals surface area contributed by atoms with E-state index < -0.39 is 23.5 Å². The fourth-order valence-corrected chi connectivity index (χ4v) is 1.51. The minimum atomic E-state index is -4.17. The Morgan fingerprint density at radius 3 is 0.696 bits per heavy atom. The zero-order valence-electron chi connectivity index (χ0n) is 13.0. The Morgan fingerprint density at radius 2 is 0.696 bits per heavy atom. The number of rotatable bonds is 6. The predicted molar refractivity (Wildman–Crippen MR) is 93.2 cm³/mol. The summed E-state index contributed by atoms with van der Waals surface area (Å²) in [5.41, 5.74) is 0. The number of hydrogen-bond acceptors (Lipinski definition) is 6. The Hall–Kier alpha value is 1.19. The van der Waals surface area contributed by atoms with E-state index in [1.54, 1.807) is 0 Å². The Bertz CT molecular complexity index is 313. The summed E-state index contributed by atoms with van der Waals surface area (Å²) >= 11 is 0. The van der Waals surface area contributed by atoms with E-state index in [1.165, 1.54) is 20.8 Å². The van der Waals surface area contributed by atoms with Gasteiger partial charge in [-0.1, -0.05) is 0 Å². The topological polar surface area (TPSA) is 200 Å². The van der Waals surface area contributed by atoms with Crippen molar-refractivity contribution < 1.29 is 56.6 Å². The minimum Gasteiger partial charge on any atom is -0.303 e. The predicted octanol–water partition coefficient (Wildman–Crippen LogP) is 0.463. The average Bonchev–Trinajstić information content (AvgIpc) is 2.12. The molecule has 148 valence electrons. The van der Waals surface area contributed by atoms with Crippen molar-refractivity contribution in [2.75, 3.05) is 19.8 Å². The molecule has 0 aliphatic carbocycles. The monoisotopic (exact) mass is 446 g/mol. The van der Waals surface area contributed by atoms with Crippen molar-refractivity contribution in [2.24, 2.45) is 0 Å². The largest absolute Gasteiger partial charge is 0.469 e. The first kappa shape index (κ1) is 35.3. The molecule has 0 spiro atoms. The van der Waals surface area contributed by atoms with Gasteiger partial charge in [-0.2, -0.15) is 19.8 Å². The molecule has 0 aliphatic heterocycles. The summed E-state index contributed by atoms with van der Waals surface area (Å²) < 4.78 is 40.8. The molecule has 2 unspecified atom stereocenters. The van der Waals surface area contributed by atoms with Crippen molar-refractivity contribution >= 4 is 43.3 Å². The summed E-state index contributed by atoms with van der Waals surface area (Å²) in [6, 6.07) is 0. The van der Waals surface area contributed by atoms with Gasteiger partial charge in [-0.25, -0.2) is 13.7 Å². The van der Waals surface area contributed by atoms with Gasteiger partial charge in [0.15, 0.2) is 0 Å². The molecule has 17 heteroatoms. The average molecular weight is 446 g/mol. The molecule has 0 radical (unpaired) electrons. The maximum atomic E-state index is 9.70.